The van der Waals surface area contributed by atoms with E-state index in [1.807, 2.05) is 37.4 Å². The Morgan fingerprint density at radius 2 is 1.36 bits per heavy atom. The van der Waals surface area contributed by atoms with Gasteiger partial charge in [0.15, 0.2) is 0 Å². The second-order valence-electron chi connectivity index (χ2n) is 8.90. The molecule has 9 heteroatoms. The normalized spacial score (nSPS) is 25.8. The zero-order chi connectivity index (χ0) is 23.8. The van der Waals surface area contributed by atoms with Crippen LogP contribution in [-0.2, 0) is 12.4 Å². The first-order valence-corrected chi connectivity index (χ1v) is 11.0. The molecule has 0 saturated carbocycles. The molecule has 2 heterocycles. The van der Waals surface area contributed by atoms with Crippen LogP contribution < -0.4 is 5.32 Å². The van der Waals surface area contributed by atoms with Crippen molar-refractivity contribution in [3.05, 3.63) is 70.8 Å². The van der Waals surface area contributed by atoms with E-state index >= 15 is 0 Å². The largest absolute Gasteiger partial charge is 0.416 e. The summed E-state index contributed by atoms with van der Waals surface area (Å²) in [7, 11) is 2.04. The third kappa shape index (κ3) is 5.36. The Morgan fingerprint density at radius 1 is 0.788 bits per heavy atom. The van der Waals surface area contributed by atoms with Crippen molar-refractivity contribution in [1.29, 1.82) is 0 Å². The van der Waals surface area contributed by atoms with Gasteiger partial charge in [0.05, 0.1) is 11.1 Å². The molecule has 2 aromatic carbocycles. The molecule has 33 heavy (non-hydrogen) atoms. The lowest BCUT2D eigenvalue weighted by Gasteiger charge is -2.47. The summed E-state index contributed by atoms with van der Waals surface area (Å²) >= 11 is 0. The predicted octanol–water partition coefficient (Wildman–Crippen LogP) is 5.16. The monoisotopic (exact) mass is 471 g/mol. The second kappa shape index (κ2) is 9.27. The van der Waals surface area contributed by atoms with E-state index < -0.39 is 29.5 Å². The summed E-state index contributed by atoms with van der Waals surface area (Å²) in [6.07, 6.45) is -8.97. The topological polar surface area (TPSA) is 18.5 Å². The van der Waals surface area contributed by atoms with Crippen LogP contribution in [0, 0.1) is 0 Å². The molecular weight excluding hydrogens is 444 g/mol. The van der Waals surface area contributed by atoms with E-state index in [-0.39, 0.29) is 23.6 Å². The second-order valence-corrected chi connectivity index (χ2v) is 8.90. The number of alkyl halides is 6. The van der Waals surface area contributed by atoms with Gasteiger partial charge in [0.1, 0.15) is 0 Å². The highest BCUT2D eigenvalue weighted by molar-refractivity contribution is 5.38. The number of hydrogen-bond acceptors (Lipinski definition) is 3. The van der Waals surface area contributed by atoms with Gasteiger partial charge in [-0.2, -0.15) is 26.3 Å². The number of likely N-dealkylation sites (N-methyl/N-ethyl adjacent to an activating group) is 1. The zero-order valence-electron chi connectivity index (χ0n) is 18.3. The molecule has 0 aromatic heterocycles. The molecular formula is C24H27F6N3. The molecule has 0 radical (unpaired) electrons. The molecule has 1 N–H and O–H groups in total. The van der Waals surface area contributed by atoms with E-state index in [1.54, 1.807) is 0 Å². The summed E-state index contributed by atoms with van der Waals surface area (Å²) in [6.45, 7) is 3.89. The SMILES string of the molecule is CN1CCN(C2CCN[C@H](c3cc(C(F)(F)F)cc(C(F)(F)F)c3)[C@@H]2c2ccccc2)CC1. The van der Waals surface area contributed by atoms with Gasteiger partial charge >= 0.3 is 12.4 Å². The first-order chi connectivity index (χ1) is 15.5. The number of nitrogens with zero attached hydrogens (tertiary/aromatic N) is 2. The molecule has 3 atom stereocenters. The molecule has 2 saturated heterocycles. The van der Waals surface area contributed by atoms with Crippen molar-refractivity contribution in [2.24, 2.45) is 0 Å². The summed E-state index contributed by atoms with van der Waals surface area (Å²) < 4.78 is 81.2. The molecule has 2 aliphatic heterocycles. The van der Waals surface area contributed by atoms with Crippen LogP contribution in [0.2, 0.25) is 0 Å². The minimum atomic E-state index is -4.87. The van der Waals surface area contributed by atoms with Crippen molar-refractivity contribution in [3.63, 3.8) is 0 Å². The molecule has 2 fully saturated rings. The summed E-state index contributed by atoms with van der Waals surface area (Å²) in [5, 5.41) is 3.25. The summed E-state index contributed by atoms with van der Waals surface area (Å²) in [4.78, 5) is 4.55. The Labute approximate surface area is 189 Å². The van der Waals surface area contributed by atoms with Crippen molar-refractivity contribution >= 4 is 0 Å². The van der Waals surface area contributed by atoms with Gasteiger partial charge in [-0.15, -0.1) is 0 Å². The Kier molecular flexibility index (Phi) is 6.75. The minimum Gasteiger partial charge on any atom is -0.309 e. The number of halogens is 6. The van der Waals surface area contributed by atoms with Crippen molar-refractivity contribution in [1.82, 2.24) is 15.1 Å². The van der Waals surface area contributed by atoms with E-state index in [0.717, 1.165) is 50.3 Å². The maximum atomic E-state index is 13.5. The number of piperidine rings is 1. The third-order valence-corrected chi connectivity index (χ3v) is 6.74. The van der Waals surface area contributed by atoms with Crippen LogP contribution in [0.15, 0.2) is 48.5 Å². The molecule has 4 rings (SSSR count). The number of piperazine rings is 1. The maximum Gasteiger partial charge on any atom is 0.416 e. The molecule has 2 aliphatic rings. The highest BCUT2D eigenvalue weighted by atomic mass is 19.4. The lowest BCUT2D eigenvalue weighted by Crippen LogP contribution is -2.55. The molecule has 1 unspecified atom stereocenters. The van der Waals surface area contributed by atoms with E-state index in [9.17, 15) is 26.3 Å². The highest BCUT2D eigenvalue weighted by Gasteiger charge is 2.42. The van der Waals surface area contributed by atoms with Gasteiger partial charge in [-0.25, -0.2) is 0 Å². The summed E-state index contributed by atoms with van der Waals surface area (Å²) in [5.74, 6) is -0.284. The standard InChI is InChI=1S/C24H27F6N3/c1-32-9-11-33(12-10-32)20-7-8-31-22(21(20)16-5-3-2-4-6-16)17-13-18(23(25,26)27)15-19(14-17)24(28,29)30/h2-6,13-15,20-22,31H,7-12H2,1H3/t20?,21-,22-/m1/s1. The zero-order valence-corrected chi connectivity index (χ0v) is 18.3. The van der Waals surface area contributed by atoms with Crippen molar-refractivity contribution in [2.75, 3.05) is 39.8 Å². The molecule has 0 spiro atoms. The lowest BCUT2D eigenvalue weighted by molar-refractivity contribution is -0.143. The van der Waals surface area contributed by atoms with Crippen LogP contribution in [0.5, 0.6) is 0 Å². The van der Waals surface area contributed by atoms with E-state index in [0.29, 0.717) is 6.54 Å². The van der Waals surface area contributed by atoms with Gasteiger partial charge < -0.3 is 10.2 Å². The van der Waals surface area contributed by atoms with Crippen molar-refractivity contribution < 1.29 is 26.3 Å². The first kappa shape index (κ1) is 24.0. The van der Waals surface area contributed by atoms with Crippen LogP contribution in [0.4, 0.5) is 26.3 Å². The molecule has 3 nitrogen and oxygen atoms in total. The van der Waals surface area contributed by atoms with Crippen molar-refractivity contribution in [2.45, 2.75) is 36.8 Å². The van der Waals surface area contributed by atoms with Crippen LogP contribution in [0.3, 0.4) is 0 Å². The quantitative estimate of drug-likeness (QED) is 0.624. The van der Waals surface area contributed by atoms with Gasteiger partial charge in [0, 0.05) is 44.2 Å². The lowest BCUT2D eigenvalue weighted by atomic mass is 9.76. The number of benzene rings is 2. The van der Waals surface area contributed by atoms with Crippen LogP contribution in [-0.4, -0.2) is 55.6 Å². The fourth-order valence-corrected chi connectivity index (χ4v) is 5.05. The third-order valence-electron chi connectivity index (χ3n) is 6.74. The van der Waals surface area contributed by atoms with Gasteiger partial charge in [0.25, 0.3) is 0 Å². The summed E-state index contributed by atoms with van der Waals surface area (Å²) in [5.41, 5.74) is -1.63. The average Bonchev–Trinajstić information content (AvgIpc) is 2.78. The number of nitrogens with one attached hydrogen (secondary N) is 1. The molecule has 0 amide bonds. The first-order valence-electron chi connectivity index (χ1n) is 11.0. The van der Waals surface area contributed by atoms with Gasteiger partial charge in [-0.1, -0.05) is 30.3 Å². The Bertz CT molecular complexity index is 903. The molecule has 180 valence electrons. The highest BCUT2D eigenvalue weighted by Crippen LogP contribution is 2.43. The number of hydrogen-bond donors (Lipinski definition) is 1. The summed E-state index contributed by atoms with van der Waals surface area (Å²) in [6, 6.07) is 10.7. The van der Waals surface area contributed by atoms with Crippen molar-refractivity contribution in [3.8, 4) is 0 Å². The fraction of sp³-hybridized carbons (Fsp3) is 0.500. The van der Waals surface area contributed by atoms with Crippen LogP contribution in [0.1, 0.15) is 40.6 Å². The average molecular weight is 471 g/mol. The van der Waals surface area contributed by atoms with Crippen LogP contribution in [0.25, 0.3) is 0 Å². The Morgan fingerprint density at radius 3 is 1.91 bits per heavy atom. The molecule has 0 aliphatic carbocycles. The Hall–Kier alpha value is -2.10. The fourth-order valence-electron chi connectivity index (χ4n) is 5.05. The predicted molar refractivity (Wildman–Crippen MR) is 114 cm³/mol. The van der Waals surface area contributed by atoms with Crippen LogP contribution >= 0.6 is 0 Å². The minimum absolute atomic E-state index is 0.0104. The van der Waals surface area contributed by atoms with Gasteiger partial charge in [-0.3, -0.25) is 4.90 Å². The maximum absolute atomic E-state index is 13.5. The molecule has 0 bridgehead atoms. The van der Waals surface area contributed by atoms with E-state index in [2.05, 4.69) is 15.1 Å². The van der Waals surface area contributed by atoms with Gasteiger partial charge in [0.2, 0.25) is 0 Å². The smallest absolute Gasteiger partial charge is 0.309 e. The molecule has 2 aromatic rings. The van der Waals surface area contributed by atoms with E-state index in [1.165, 1.54) is 0 Å². The Balaban J connectivity index is 1.79. The number of rotatable bonds is 3. The van der Waals surface area contributed by atoms with Gasteiger partial charge in [-0.05, 0) is 49.3 Å². The van der Waals surface area contributed by atoms with E-state index in [4.69, 9.17) is 0 Å².